The van der Waals surface area contributed by atoms with Crippen LogP contribution in [0.2, 0.25) is 0 Å². The fourth-order valence-corrected chi connectivity index (χ4v) is 3.13. The van der Waals surface area contributed by atoms with Crippen molar-refractivity contribution in [2.45, 2.75) is 64.5 Å². The predicted octanol–water partition coefficient (Wildman–Crippen LogP) is 3.48. The quantitative estimate of drug-likeness (QED) is 0.557. The third-order valence-electron chi connectivity index (χ3n) is 4.84. The van der Waals surface area contributed by atoms with Crippen molar-refractivity contribution < 1.29 is 9.59 Å². The molecule has 1 aliphatic heterocycles. The van der Waals surface area contributed by atoms with Crippen LogP contribution in [0.25, 0.3) is 0 Å². The van der Waals surface area contributed by atoms with Gasteiger partial charge in [0, 0.05) is 24.5 Å². The molecule has 1 heterocycles. The highest BCUT2D eigenvalue weighted by atomic mass is 35.5. The third-order valence-corrected chi connectivity index (χ3v) is 4.84. The molecular weight excluding hydrogens is 399 g/mol. The van der Waals surface area contributed by atoms with Crippen molar-refractivity contribution in [3.63, 3.8) is 0 Å². The van der Waals surface area contributed by atoms with Crippen molar-refractivity contribution in [3.05, 3.63) is 24.3 Å². The summed E-state index contributed by atoms with van der Waals surface area (Å²) >= 11 is 0. The normalized spacial score (nSPS) is 15.0. The Bertz CT molecular complexity index is 610. The minimum absolute atomic E-state index is 0. The number of hydrogen-bond donors (Lipinski definition) is 3. The lowest BCUT2D eigenvalue weighted by Gasteiger charge is -2.21. The summed E-state index contributed by atoms with van der Waals surface area (Å²) in [5.41, 5.74) is 7.67. The Kier molecular flexibility index (Phi) is 12.9. The molecule has 2 amide bonds. The van der Waals surface area contributed by atoms with Crippen LogP contribution in [0.1, 0.15) is 52.4 Å². The molecular formula is C20H34Cl2N4O2. The first-order valence-corrected chi connectivity index (χ1v) is 9.77. The van der Waals surface area contributed by atoms with Gasteiger partial charge in [-0.05, 0) is 43.9 Å². The molecule has 0 aliphatic carbocycles. The molecule has 28 heavy (non-hydrogen) atoms. The van der Waals surface area contributed by atoms with Crippen LogP contribution in [0.15, 0.2) is 24.3 Å². The van der Waals surface area contributed by atoms with Gasteiger partial charge >= 0.3 is 0 Å². The molecule has 4 N–H and O–H groups in total. The Morgan fingerprint density at radius 1 is 1.14 bits per heavy atom. The second kappa shape index (κ2) is 13.6. The average molecular weight is 433 g/mol. The van der Waals surface area contributed by atoms with Gasteiger partial charge in [-0.15, -0.1) is 24.8 Å². The van der Waals surface area contributed by atoms with Gasteiger partial charge in [0.05, 0.1) is 6.04 Å². The maximum Gasteiger partial charge on any atom is 0.246 e. The number of carbonyl (C=O) groups is 2. The van der Waals surface area contributed by atoms with Gasteiger partial charge in [-0.2, -0.15) is 0 Å². The van der Waals surface area contributed by atoms with Crippen LogP contribution >= 0.6 is 24.8 Å². The lowest BCUT2D eigenvalue weighted by Crippen LogP contribution is -2.49. The number of amides is 2. The van der Waals surface area contributed by atoms with E-state index in [1.807, 2.05) is 25.1 Å². The van der Waals surface area contributed by atoms with E-state index < -0.39 is 12.1 Å². The third kappa shape index (κ3) is 7.86. The summed E-state index contributed by atoms with van der Waals surface area (Å²) in [7, 11) is 0. The second-order valence-corrected chi connectivity index (χ2v) is 6.95. The summed E-state index contributed by atoms with van der Waals surface area (Å²) < 4.78 is 0. The van der Waals surface area contributed by atoms with E-state index in [0.717, 1.165) is 37.3 Å². The number of anilines is 2. The first kappa shape index (κ1) is 26.5. The van der Waals surface area contributed by atoms with E-state index in [1.165, 1.54) is 12.8 Å². The van der Waals surface area contributed by atoms with E-state index in [9.17, 15) is 9.59 Å². The lowest BCUT2D eigenvalue weighted by atomic mass is 10.1. The molecule has 160 valence electrons. The summed E-state index contributed by atoms with van der Waals surface area (Å²) in [6, 6.07) is 6.77. The minimum atomic E-state index is -0.578. The number of benzene rings is 1. The van der Waals surface area contributed by atoms with Crippen LogP contribution in [0, 0.1) is 0 Å². The van der Waals surface area contributed by atoms with Gasteiger partial charge in [0.1, 0.15) is 6.04 Å². The van der Waals surface area contributed by atoms with Crippen molar-refractivity contribution in [2.75, 3.05) is 23.3 Å². The molecule has 6 nitrogen and oxygen atoms in total. The summed E-state index contributed by atoms with van der Waals surface area (Å²) in [5, 5.41) is 5.76. The molecule has 0 bridgehead atoms. The molecule has 1 saturated heterocycles. The Morgan fingerprint density at radius 2 is 1.82 bits per heavy atom. The van der Waals surface area contributed by atoms with Gasteiger partial charge in [0.2, 0.25) is 11.8 Å². The second-order valence-electron chi connectivity index (χ2n) is 6.95. The van der Waals surface area contributed by atoms with E-state index in [-0.39, 0.29) is 36.6 Å². The number of nitrogens with zero attached hydrogens (tertiary/aromatic N) is 1. The highest BCUT2D eigenvalue weighted by Crippen LogP contribution is 2.23. The number of carbonyl (C=O) groups excluding carboxylic acids is 2. The number of nitrogens with two attached hydrogens (primary N) is 1. The first-order chi connectivity index (χ1) is 12.5. The Hall–Kier alpha value is -1.50. The maximum absolute atomic E-state index is 12.7. The van der Waals surface area contributed by atoms with Gasteiger partial charge < -0.3 is 21.3 Å². The zero-order chi connectivity index (χ0) is 18.9. The molecule has 2 rings (SSSR count). The van der Waals surface area contributed by atoms with Crippen molar-refractivity contribution in [1.82, 2.24) is 5.32 Å². The van der Waals surface area contributed by atoms with Crippen LogP contribution in [0.4, 0.5) is 11.4 Å². The molecule has 2 atom stereocenters. The first-order valence-electron chi connectivity index (χ1n) is 9.77. The summed E-state index contributed by atoms with van der Waals surface area (Å²) in [4.78, 5) is 27.2. The standard InChI is InChI=1S/C20H32N4O2.2ClH/c1-3-5-11-18(23-19(25)17(21)4-2)20(26)22-15-9-8-10-16(14-15)24-12-6-7-13-24;;/h8-10,14,17-18H,3-7,11-13,21H2,1-2H3,(H,22,26)(H,23,25);2*1H/t17-,18?;;/m0../s1. The van der Waals surface area contributed by atoms with E-state index in [0.29, 0.717) is 12.8 Å². The van der Waals surface area contributed by atoms with E-state index in [1.54, 1.807) is 0 Å². The van der Waals surface area contributed by atoms with E-state index in [2.05, 4.69) is 28.5 Å². The van der Waals surface area contributed by atoms with Crippen molar-refractivity contribution >= 4 is 48.0 Å². The Balaban J connectivity index is 0.00000364. The molecule has 1 aromatic carbocycles. The molecule has 1 aliphatic rings. The van der Waals surface area contributed by atoms with Gasteiger partial charge in [-0.3, -0.25) is 9.59 Å². The Morgan fingerprint density at radius 3 is 2.43 bits per heavy atom. The van der Waals surface area contributed by atoms with Crippen LogP contribution in [0.3, 0.4) is 0 Å². The van der Waals surface area contributed by atoms with Gasteiger partial charge in [-0.1, -0.05) is 32.8 Å². The van der Waals surface area contributed by atoms with Gasteiger partial charge in [0.25, 0.3) is 0 Å². The number of rotatable bonds is 9. The molecule has 1 unspecified atom stereocenters. The Labute approximate surface area is 180 Å². The minimum Gasteiger partial charge on any atom is -0.371 e. The maximum atomic E-state index is 12.7. The smallest absolute Gasteiger partial charge is 0.246 e. The average Bonchev–Trinajstić information content (AvgIpc) is 3.19. The SMILES string of the molecule is CCCCC(NC(=O)[C@@H](N)CC)C(=O)Nc1cccc(N2CCCC2)c1.Cl.Cl. The number of hydrogen-bond acceptors (Lipinski definition) is 4. The topological polar surface area (TPSA) is 87.5 Å². The monoisotopic (exact) mass is 432 g/mol. The molecule has 1 aromatic rings. The van der Waals surface area contributed by atoms with Gasteiger partial charge in [0.15, 0.2) is 0 Å². The predicted molar refractivity (Wildman–Crippen MR) is 121 cm³/mol. The van der Waals surface area contributed by atoms with Crippen molar-refractivity contribution in [1.29, 1.82) is 0 Å². The zero-order valence-corrected chi connectivity index (χ0v) is 18.4. The largest absolute Gasteiger partial charge is 0.371 e. The zero-order valence-electron chi connectivity index (χ0n) is 16.8. The number of halogens is 2. The summed E-state index contributed by atoms with van der Waals surface area (Å²) in [6.45, 7) is 6.03. The van der Waals surface area contributed by atoms with Crippen molar-refractivity contribution in [2.24, 2.45) is 5.73 Å². The van der Waals surface area contributed by atoms with E-state index in [4.69, 9.17) is 5.73 Å². The lowest BCUT2D eigenvalue weighted by molar-refractivity contribution is -0.127. The molecule has 0 radical (unpaired) electrons. The van der Waals surface area contributed by atoms with Crippen LogP contribution in [-0.4, -0.2) is 37.0 Å². The molecule has 0 aromatic heterocycles. The summed E-state index contributed by atoms with van der Waals surface area (Å²) in [6.07, 6.45) is 5.40. The van der Waals surface area contributed by atoms with Gasteiger partial charge in [-0.25, -0.2) is 0 Å². The van der Waals surface area contributed by atoms with Crippen LogP contribution < -0.4 is 21.3 Å². The van der Waals surface area contributed by atoms with Crippen LogP contribution in [0.5, 0.6) is 0 Å². The molecule has 0 spiro atoms. The van der Waals surface area contributed by atoms with Crippen LogP contribution in [-0.2, 0) is 9.59 Å². The summed E-state index contributed by atoms with van der Waals surface area (Å²) in [5.74, 6) is -0.455. The molecule has 8 heteroatoms. The number of unbranched alkanes of at least 4 members (excludes halogenated alkanes) is 1. The van der Waals surface area contributed by atoms with Crippen molar-refractivity contribution in [3.8, 4) is 0 Å². The highest BCUT2D eigenvalue weighted by molar-refractivity contribution is 5.98. The number of nitrogens with one attached hydrogen (secondary N) is 2. The molecule has 1 fully saturated rings. The molecule has 0 saturated carbocycles. The fraction of sp³-hybridized carbons (Fsp3) is 0.600. The fourth-order valence-electron chi connectivity index (χ4n) is 3.13. The highest BCUT2D eigenvalue weighted by Gasteiger charge is 2.23. The van der Waals surface area contributed by atoms with E-state index >= 15 is 0 Å².